The molecule has 1 fully saturated rings. The Morgan fingerprint density at radius 2 is 1.74 bits per heavy atom. The predicted molar refractivity (Wildman–Crippen MR) is 110 cm³/mol. The molecule has 9 nitrogen and oxygen atoms in total. The van der Waals surface area contributed by atoms with Crippen molar-refractivity contribution in [1.29, 1.82) is 0 Å². The van der Waals surface area contributed by atoms with Crippen molar-refractivity contribution < 1.29 is 27.2 Å². The molecule has 0 spiro atoms. The van der Waals surface area contributed by atoms with Gasteiger partial charge in [-0.2, -0.15) is 9.29 Å². The first-order valence-electron chi connectivity index (χ1n) is 9.68. The van der Waals surface area contributed by atoms with E-state index in [1.54, 1.807) is 0 Å². The summed E-state index contributed by atoms with van der Waals surface area (Å²) in [6.07, 6.45) is 0. The SMILES string of the molecule is Cc1ccc(-c2noc(COC(=O)c3ccc(S(=O)(=O)N4CCOCC4)cc3)n2)cc1. The van der Waals surface area contributed by atoms with Crippen molar-refractivity contribution >= 4 is 16.0 Å². The maximum atomic E-state index is 12.6. The van der Waals surface area contributed by atoms with Gasteiger partial charge >= 0.3 is 5.97 Å². The molecule has 1 aliphatic rings. The lowest BCUT2D eigenvalue weighted by Crippen LogP contribution is -2.40. The zero-order chi connectivity index (χ0) is 21.8. The third-order valence-corrected chi connectivity index (χ3v) is 6.72. The molecular weight excluding hydrogens is 422 g/mol. The van der Waals surface area contributed by atoms with E-state index >= 15 is 0 Å². The third kappa shape index (κ3) is 4.82. The van der Waals surface area contributed by atoms with E-state index in [4.69, 9.17) is 14.0 Å². The number of hydrogen-bond donors (Lipinski definition) is 0. The van der Waals surface area contributed by atoms with Crippen molar-refractivity contribution in [2.24, 2.45) is 0 Å². The molecule has 1 aliphatic heterocycles. The molecule has 2 heterocycles. The second-order valence-electron chi connectivity index (χ2n) is 6.99. The molecule has 0 aliphatic carbocycles. The van der Waals surface area contributed by atoms with Gasteiger partial charge in [0.2, 0.25) is 15.8 Å². The van der Waals surface area contributed by atoms with Crippen molar-refractivity contribution in [1.82, 2.24) is 14.4 Å². The van der Waals surface area contributed by atoms with Gasteiger partial charge in [0, 0.05) is 18.7 Å². The maximum absolute atomic E-state index is 12.6. The zero-order valence-corrected chi connectivity index (χ0v) is 17.7. The third-order valence-electron chi connectivity index (χ3n) is 4.80. The highest BCUT2D eigenvalue weighted by molar-refractivity contribution is 7.89. The van der Waals surface area contributed by atoms with E-state index in [0.29, 0.717) is 32.1 Å². The topological polar surface area (TPSA) is 112 Å². The Labute approximate surface area is 179 Å². The molecule has 0 saturated carbocycles. The summed E-state index contributed by atoms with van der Waals surface area (Å²) < 4.78 is 42.2. The zero-order valence-electron chi connectivity index (χ0n) is 16.9. The van der Waals surface area contributed by atoms with Crippen LogP contribution in [-0.4, -0.2) is 55.1 Å². The van der Waals surface area contributed by atoms with Gasteiger partial charge in [-0.25, -0.2) is 13.2 Å². The number of hydrogen-bond acceptors (Lipinski definition) is 8. The summed E-state index contributed by atoms with van der Waals surface area (Å²) in [5.41, 5.74) is 2.13. The lowest BCUT2D eigenvalue weighted by atomic mass is 10.1. The summed E-state index contributed by atoms with van der Waals surface area (Å²) in [4.78, 5) is 16.6. The standard InChI is InChI=1S/C21H21N3O6S/c1-15-2-4-16(5-3-15)20-22-19(30-23-20)14-29-21(25)17-6-8-18(9-7-17)31(26,27)24-10-12-28-13-11-24/h2-9H,10-14H2,1H3. The average Bonchev–Trinajstić information content (AvgIpc) is 3.28. The van der Waals surface area contributed by atoms with E-state index in [2.05, 4.69) is 10.1 Å². The Hall–Kier alpha value is -3.08. The Morgan fingerprint density at radius 3 is 2.42 bits per heavy atom. The fourth-order valence-electron chi connectivity index (χ4n) is 3.04. The van der Waals surface area contributed by atoms with Crippen molar-refractivity contribution in [3.8, 4) is 11.4 Å². The van der Waals surface area contributed by atoms with E-state index in [9.17, 15) is 13.2 Å². The number of carbonyl (C=O) groups excluding carboxylic acids is 1. The van der Waals surface area contributed by atoms with Gasteiger partial charge < -0.3 is 14.0 Å². The smallest absolute Gasteiger partial charge is 0.338 e. The number of benzene rings is 2. The number of aromatic nitrogens is 2. The van der Waals surface area contributed by atoms with Crippen LogP contribution < -0.4 is 0 Å². The fraction of sp³-hybridized carbons (Fsp3) is 0.286. The van der Waals surface area contributed by atoms with Crippen LogP contribution >= 0.6 is 0 Å². The molecule has 2 aromatic carbocycles. The van der Waals surface area contributed by atoms with Crippen molar-refractivity contribution in [3.05, 3.63) is 65.5 Å². The Morgan fingerprint density at radius 1 is 1.06 bits per heavy atom. The molecule has 0 N–H and O–H groups in total. The Kier molecular flexibility index (Phi) is 6.12. The fourth-order valence-corrected chi connectivity index (χ4v) is 4.45. The number of rotatable bonds is 6. The van der Waals surface area contributed by atoms with E-state index in [1.165, 1.54) is 28.6 Å². The molecule has 1 aromatic heterocycles. The quantitative estimate of drug-likeness (QED) is 0.534. The predicted octanol–water partition coefficient (Wildman–Crippen LogP) is 2.42. The van der Waals surface area contributed by atoms with Gasteiger partial charge in [-0.15, -0.1) is 0 Å². The van der Waals surface area contributed by atoms with Gasteiger partial charge in [0.15, 0.2) is 6.61 Å². The number of aryl methyl sites for hydroxylation is 1. The minimum atomic E-state index is -3.62. The molecule has 0 radical (unpaired) electrons. The highest BCUT2D eigenvalue weighted by atomic mass is 32.2. The summed E-state index contributed by atoms with van der Waals surface area (Å²) in [5.74, 6) is -0.0513. The molecular formula is C21H21N3O6S. The maximum Gasteiger partial charge on any atom is 0.338 e. The van der Waals surface area contributed by atoms with Crippen LogP contribution in [0.3, 0.4) is 0 Å². The number of sulfonamides is 1. The first-order valence-corrected chi connectivity index (χ1v) is 11.1. The van der Waals surface area contributed by atoms with Gasteiger partial charge in [0.25, 0.3) is 5.89 Å². The molecule has 0 bridgehead atoms. The molecule has 0 unspecified atom stereocenters. The van der Waals surface area contributed by atoms with Gasteiger partial charge in [0.1, 0.15) is 0 Å². The van der Waals surface area contributed by atoms with Crippen LogP contribution in [0.4, 0.5) is 0 Å². The summed E-state index contributed by atoms with van der Waals surface area (Å²) in [7, 11) is -3.62. The highest BCUT2D eigenvalue weighted by Crippen LogP contribution is 2.19. The summed E-state index contributed by atoms with van der Waals surface area (Å²) in [5, 5.41) is 3.89. The molecule has 162 valence electrons. The second kappa shape index (κ2) is 8.96. The van der Waals surface area contributed by atoms with Crippen LogP contribution in [0, 0.1) is 6.92 Å². The van der Waals surface area contributed by atoms with E-state index < -0.39 is 16.0 Å². The Bertz CT molecular complexity index is 1150. The average molecular weight is 443 g/mol. The first-order chi connectivity index (χ1) is 14.9. The molecule has 10 heteroatoms. The van der Waals surface area contributed by atoms with Crippen LogP contribution in [0.5, 0.6) is 0 Å². The van der Waals surface area contributed by atoms with E-state index in [-0.39, 0.29) is 23.0 Å². The number of morpholine rings is 1. The summed E-state index contributed by atoms with van der Waals surface area (Å²) in [6.45, 7) is 3.14. The minimum absolute atomic E-state index is 0.116. The first kappa shape index (κ1) is 21.2. The molecule has 0 atom stereocenters. The number of ether oxygens (including phenoxy) is 2. The van der Waals surface area contributed by atoms with Gasteiger partial charge in [0.05, 0.1) is 23.7 Å². The monoisotopic (exact) mass is 443 g/mol. The van der Waals surface area contributed by atoms with Crippen molar-refractivity contribution in [2.45, 2.75) is 18.4 Å². The molecule has 0 amide bonds. The largest absolute Gasteiger partial charge is 0.452 e. The number of esters is 1. The van der Waals surface area contributed by atoms with E-state index in [0.717, 1.165) is 11.1 Å². The normalized spacial score (nSPS) is 15.0. The lowest BCUT2D eigenvalue weighted by molar-refractivity contribution is 0.0429. The number of carbonyl (C=O) groups is 1. The number of nitrogens with zero attached hydrogens (tertiary/aromatic N) is 3. The van der Waals surface area contributed by atoms with Crippen LogP contribution in [-0.2, 0) is 26.1 Å². The molecule has 3 aromatic rings. The van der Waals surface area contributed by atoms with Crippen molar-refractivity contribution in [2.75, 3.05) is 26.3 Å². The van der Waals surface area contributed by atoms with E-state index in [1.807, 2.05) is 31.2 Å². The Balaban J connectivity index is 1.37. The van der Waals surface area contributed by atoms with Crippen LogP contribution in [0.1, 0.15) is 21.8 Å². The summed E-state index contributed by atoms with van der Waals surface area (Å²) in [6, 6.07) is 13.3. The van der Waals surface area contributed by atoms with Gasteiger partial charge in [-0.05, 0) is 31.2 Å². The van der Waals surface area contributed by atoms with Crippen molar-refractivity contribution in [3.63, 3.8) is 0 Å². The molecule has 1 saturated heterocycles. The summed E-state index contributed by atoms with van der Waals surface area (Å²) >= 11 is 0. The molecule has 4 rings (SSSR count). The van der Waals surface area contributed by atoms with Crippen LogP contribution in [0.2, 0.25) is 0 Å². The van der Waals surface area contributed by atoms with Crippen LogP contribution in [0.15, 0.2) is 57.9 Å². The van der Waals surface area contributed by atoms with Gasteiger partial charge in [-0.3, -0.25) is 0 Å². The second-order valence-corrected chi connectivity index (χ2v) is 8.93. The van der Waals surface area contributed by atoms with Gasteiger partial charge in [-0.1, -0.05) is 35.0 Å². The lowest BCUT2D eigenvalue weighted by Gasteiger charge is -2.26. The minimum Gasteiger partial charge on any atom is -0.452 e. The molecule has 31 heavy (non-hydrogen) atoms. The van der Waals surface area contributed by atoms with Crippen LogP contribution in [0.25, 0.3) is 11.4 Å². The highest BCUT2D eigenvalue weighted by Gasteiger charge is 2.26.